The molecule has 0 spiro atoms. The maximum atomic E-state index is 6.30. The molecule has 0 aliphatic heterocycles. The SMILES string of the molecule is CCc1cccc(CC)c1-c1nc(C)c(COc2cc(C)c(Cl)c(C)c2)c(OC)c1C. The molecule has 0 N–H and O–H groups in total. The first-order chi connectivity index (χ1) is 14.8. The second kappa shape index (κ2) is 9.74. The summed E-state index contributed by atoms with van der Waals surface area (Å²) in [6.07, 6.45) is 1.93. The van der Waals surface area contributed by atoms with Crippen molar-refractivity contribution in [3.63, 3.8) is 0 Å². The van der Waals surface area contributed by atoms with Crippen molar-refractivity contribution in [2.75, 3.05) is 7.11 Å². The summed E-state index contributed by atoms with van der Waals surface area (Å²) in [6, 6.07) is 10.5. The molecule has 2 aromatic carbocycles. The lowest BCUT2D eigenvalue weighted by Gasteiger charge is -2.21. The van der Waals surface area contributed by atoms with Crippen molar-refractivity contribution in [2.24, 2.45) is 0 Å². The van der Waals surface area contributed by atoms with E-state index in [0.29, 0.717) is 6.61 Å². The second-order valence-electron chi connectivity index (χ2n) is 8.00. The monoisotopic (exact) mass is 437 g/mol. The molecule has 3 rings (SSSR count). The molecule has 0 bridgehead atoms. The number of methoxy groups -OCH3 is 1. The predicted octanol–water partition coefficient (Wildman–Crippen LogP) is 7.35. The van der Waals surface area contributed by atoms with E-state index in [4.69, 9.17) is 26.1 Å². The van der Waals surface area contributed by atoms with Gasteiger partial charge in [0.1, 0.15) is 18.1 Å². The number of aryl methyl sites for hydroxylation is 5. The van der Waals surface area contributed by atoms with Crippen LogP contribution in [0, 0.1) is 27.7 Å². The van der Waals surface area contributed by atoms with Gasteiger partial charge in [0.05, 0.1) is 18.4 Å². The molecule has 0 aliphatic carbocycles. The van der Waals surface area contributed by atoms with Crippen LogP contribution in [0.4, 0.5) is 0 Å². The van der Waals surface area contributed by atoms with E-state index in [1.807, 2.05) is 32.9 Å². The first-order valence-electron chi connectivity index (χ1n) is 10.9. The van der Waals surface area contributed by atoms with E-state index in [9.17, 15) is 0 Å². The van der Waals surface area contributed by atoms with Crippen molar-refractivity contribution in [3.05, 3.63) is 74.4 Å². The number of rotatable bonds is 7. The van der Waals surface area contributed by atoms with Gasteiger partial charge < -0.3 is 9.47 Å². The summed E-state index contributed by atoms with van der Waals surface area (Å²) in [5.74, 6) is 1.64. The van der Waals surface area contributed by atoms with Crippen LogP contribution in [0.2, 0.25) is 5.02 Å². The largest absolute Gasteiger partial charge is 0.496 e. The molecule has 3 nitrogen and oxygen atoms in total. The van der Waals surface area contributed by atoms with Crippen LogP contribution in [0.3, 0.4) is 0 Å². The standard InChI is InChI=1S/C27H32ClNO2/c1-8-20-11-10-12-21(9-2)24(20)26-18(5)27(30-7)23(19(6)29-26)15-31-22-13-16(3)25(28)17(4)14-22/h10-14H,8-9,15H2,1-7H3. The van der Waals surface area contributed by atoms with E-state index in [1.54, 1.807) is 7.11 Å². The lowest BCUT2D eigenvalue weighted by atomic mass is 9.91. The minimum atomic E-state index is 0.389. The number of halogens is 1. The summed E-state index contributed by atoms with van der Waals surface area (Å²) in [5.41, 5.74) is 9.83. The molecule has 0 radical (unpaired) electrons. The van der Waals surface area contributed by atoms with Gasteiger partial charge in [0.15, 0.2) is 0 Å². The Labute approximate surface area is 191 Å². The van der Waals surface area contributed by atoms with Gasteiger partial charge in [-0.3, -0.25) is 4.98 Å². The van der Waals surface area contributed by atoms with E-state index in [1.165, 1.54) is 16.7 Å². The molecule has 0 aliphatic rings. The van der Waals surface area contributed by atoms with Crippen LogP contribution in [0.1, 0.15) is 52.9 Å². The topological polar surface area (TPSA) is 31.4 Å². The Balaban J connectivity index is 2.06. The van der Waals surface area contributed by atoms with E-state index in [-0.39, 0.29) is 0 Å². The minimum absolute atomic E-state index is 0.389. The van der Waals surface area contributed by atoms with Gasteiger partial charge in [0, 0.05) is 21.8 Å². The first-order valence-corrected chi connectivity index (χ1v) is 11.2. The third-order valence-electron chi connectivity index (χ3n) is 5.92. The number of hydrogen-bond donors (Lipinski definition) is 0. The molecule has 1 aromatic heterocycles. The Morgan fingerprint density at radius 3 is 2.03 bits per heavy atom. The fourth-order valence-corrected chi connectivity index (χ4v) is 4.31. The molecular formula is C27H32ClNO2. The van der Waals surface area contributed by atoms with Gasteiger partial charge in [-0.15, -0.1) is 0 Å². The zero-order valence-corrected chi connectivity index (χ0v) is 20.4. The summed E-state index contributed by atoms with van der Waals surface area (Å²) >= 11 is 6.30. The normalized spacial score (nSPS) is 11.0. The number of benzene rings is 2. The van der Waals surface area contributed by atoms with Crippen molar-refractivity contribution in [3.8, 4) is 22.8 Å². The van der Waals surface area contributed by atoms with Crippen molar-refractivity contribution in [2.45, 2.75) is 61.0 Å². The summed E-state index contributed by atoms with van der Waals surface area (Å²) in [4.78, 5) is 5.05. The molecule has 4 heteroatoms. The Hall–Kier alpha value is -2.52. The van der Waals surface area contributed by atoms with E-state index in [2.05, 4.69) is 39.0 Å². The van der Waals surface area contributed by atoms with E-state index in [0.717, 1.165) is 63.0 Å². The van der Waals surface area contributed by atoms with Gasteiger partial charge in [0.2, 0.25) is 0 Å². The Kier molecular flexibility index (Phi) is 7.27. The molecule has 3 aromatic rings. The van der Waals surface area contributed by atoms with Gasteiger partial charge in [-0.25, -0.2) is 0 Å². The molecule has 0 atom stereocenters. The third kappa shape index (κ3) is 4.57. The van der Waals surface area contributed by atoms with Gasteiger partial charge in [-0.1, -0.05) is 43.6 Å². The highest BCUT2D eigenvalue weighted by molar-refractivity contribution is 6.32. The van der Waals surface area contributed by atoms with Crippen molar-refractivity contribution in [1.29, 1.82) is 0 Å². The summed E-state index contributed by atoms with van der Waals surface area (Å²) < 4.78 is 12.0. The quantitative estimate of drug-likeness (QED) is 0.387. The fraction of sp³-hybridized carbons (Fsp3) is 0.370. The van der Waals surface area contributed by atoms with Crippen molar-refractivity contribution < 1.29 is 9.47 Å². The highest BCUT2D eigenvalue weighted by Gasteiger charge is 2.20. The average Bonchev–Trinajstić information content (AvgIpc) is 2.76. The Bertz CT molecular complexity index is 1060. The maximum Gasteiger partial charge on any atom is 0.132 e. The van der Waals surface area contributed by atoms with Crippen molar-refractivity contribution in [1.82, 2.24) is 4.98 Å². The number of hydrogen-bond acceptors (Lipinski definition) is 3. The van der Waals surface area contributed by atoms with Crippen molar-refractivity contribution >= 4 is 11.6 Å². The number of aromatic nitrogens is 1. The van der Waals surface area contributed by atoms with Crippen LogP contribution in [0.25, 0.3) is 11.3 Å². The molecule has 0 saturated heterocycles. The summed E-state index contributed by atoms with van der Waals surface area (Å²) in [5, 5.41) is 0.782. The zero-order chi connectivity index (χ0) is 22.7. The maximum absolute atomic E-state index is 6.30. The van der Waals surface area contributed by atoms with E-state index < -0.39 is 0 Å². The first kappa shape index (κ1) is 23.1. The Morgan fingerprint density at radius 1 is 0.935 bits per heavy atom. The number of pyridine rings is 1. The van der Waals surface area contributed by atoms with Crippen LogP contribution in [-0.2, 0) is 19.4 Å². The van der Waals surface area contributed by atoms with Gasteiger partial charge >= 0.3 is 0 Å². The molecule has 0 fully saturated rings. The van der Waals surface area contributed by atoms with Crippen LogP contribution in [0.5, 0.6) is 11.5 Å². The smallest absolute Gasteiger partial charge is 0.132 e. The molecule has 164 valence electrons. The van der Waals surface area contributed by atoms with Crippen LogP contribution in [-0.4, -0.2) is 12.1 Å². The highest BCUT2D eigenvalue weighted by atomic mass is 35.5. The van der Waals surface area contributed by atoms with Gasteiger partial charge in [-0.05, 0) is 74.9 Å². The molecular weight excluding hydrogens is 406 g/mol. The second-order valence-corrected chi connectivity index (χ2v) is 8.38. The summed E-state index contributed by atoms with van der Waals surface area (Å²) in [7, 11) is 1.72. The van der Waals surface area contributed by atoms with Crippen LogP contribution in [0.15, 0.2) is 30.3 Å². The van der Waals surface area contributed by atoms with E-state index >= 15 is 0 Å². The van der Waals surface area contributed by atoms with Gasteiger partial charge in [-0.2, -0.15) is 0 Å². The fourth-order valence-electron chi connectivity index (χ4n) is 4.20. The number of nitrogens with zero attached hydrogens (tertiary/aromatic N) is 1. The van der Waals surface area contributed by atoms with Gasteiger partial charge in [0.25, 0.3) is 0 Å². The zero-order valence-electron chi connectivity index (χ0n) is 19.6. The third-order valence-corrected chi connectivity index (χ3v) is 6.52. The molecule has 1 heterocycles. The highest BCUT2D eigenvalue weighted by Crippen LogP contribution is 2.37. The molecule has 0 unspecified atom stereocenters. The lowest BCUT2D eigenvalue weighted by Crippen LogP contribution is -2.08. The molecule has 0 amide bonds. The molecule has 31 heavy (non-hydrogen) atoms. The average molecular weight is 438 g/mol. The summed E-state index contributed by atoms with van der Waals surface area (Å²) in [6.45, 7) is 12.9. The minimum Gasteiger partial charge on any atom is -0.496 e. The van der Waals surface area contributed by atoms with Crippen LogP contribution >= 0.6 is 11.6 Å². The molecule has 0 saturated carbocycles. The lowest BCUT2D eigenvalue weighted by molar-refractivity contribution is 0.294. The predicted molar refractivity (Wildman–Crippen MR) is 130 cm³/mol. The number of ether oxygens (including phenoxy) is 2. The Morgan fingerprint density at radius 2 is 1.52 bits per heavy atom. The van der Waals surface area contributed by atoms with Crippen LogP contribution < -0.4 is 9.47 Å².